The number of likely N-dealkylation sites (N-methyl/N-ethyl adjacent to an activating group) is 1. The molecule has 2 aromatic carbocycles. The molecule has 1 atom stereocenters. The summed E-state index contributed by atoms with van der Waals surface area (Å²) in [7, 11) is 1.56. The van der Waals surface area contributed by atoms with Crippen molar-refractivity contribution in [1.82, 2.24) is 10.2 Å². The van der Waals surface area contributed by atoms with E-state index >= 15 is 0 Å². The van der Waals surface area contributed by atoms with Crippen LogP contribution in [0.5, 0.6) is 0 Å². The van der Waals surface area contributed by atoms with E-state index in [0.29, 0.717) is 10.4 Å². The maximum absolute atomic E-state index is 13.0. The van der Waals surface area contributed by atoms with E-state index in [-0.39, 0.29) is 31.9 Å². The van der Waals surface area contributed by atoms with Gasteiger partial charge < -0.3 is 24.5 Å². The van der Waals surface area contributed by atoms with E-state index in [1.807, 2.05) is 48.5 Å². The van der Waals surface area contributed by atoms with Crippen LogP contribution in [0.2, 0.25) is 0 Å². The monoisotopic (exact) mass is 540 g/mol. The first kappa shape index (κ1) is 24.5. The minimum Gasteiger partial charge on any atom is -0.481 e. The molecule has 0 saturated carbocycles. The number of halogens is 1. The van der Waals surface area contributed by atoms with Crippen molar-refractivity contribution in [2.45, 2.75) is 31.3 Å². The molecular formula is C26H25BrN2O6. The lowest BCUT2D eigenvalue weighted by molar-refractivity contribution is -0.138. The number of alkyl carbamates (subject to hydrolysis) is 1. The van der Waals surface area contributed by atoms with Crippen LogP contribution in [0.15, 0.2) is 69.8 Å². The molecule has 182 valence electrons. The van der Waals surface area contributed by atoms with Crippen molar-refractivity contribution in [3.63, 3.8) is 0 Å². The molecule has 1 aliphatic rings. The van der Waals surface area contributed by atoms with Gasteiger partial charge in [-0.25, -0.2) is 4.79 Å². The summed E-state index contributed by atoms with van der Waals surface area (Å²) >= 11 is 3.22. The molecule has 9 heteroatoms. The Bertz CT molecular complexity index is 1190. The molecule has 8 nitrogen and oxygen atoms in total. The minimum absolute atomic E-state index is 0.0649. The number of amides is 2. The summed E-state index contributed by atoms with van der Waals surface area (Å²) < 4.78 is 11.5. The van der Waals surface area contributed by atoms with Gasteiger partial charge in [0.2, 0.25) is 5.91 Å². The quantitative estimate of drug-likeness (QED) is 0.404. The van der Waals surface area contributed by atoms with Crippen molar-refractivity contribution in [3.05, 3.63) is 82.2 Å². The Morgan fingerprint density at radius 3 is 2.26 bits per heavy atom. The third kappa shape index (κ3) is 5.74. The molecule has 0 fully saturated rings. The lowest BCUT2D eigenvalue weighted by atomic mass is 9.98. The van der Waals surface area contributed by atoms with Gasteiger partial charge in [-0.15, -0.1) is 0 Å². The average molecular weight is 541 g/mol. The molecule has 2 amide bonds. The van der Waals surface area contributed by atoms with E-state index in [2.05, 4.69) is 21.2 Å². The molecular weight excluding hydrogens is 516 g/mol. The lowest BCUT2D eigenvalue weighted by Crippen LogP contribution is -2.47. The van der Waals surface area contributed by atoms with Crippen LogP contribution in [-0.2, 0) is 20.9 Å². The first-order valence-corrected chi connectivity index (χ1v) is 11.9. The van der Waals surface area contributed by atoms with E-state index in [1.165, 1.54) is 4.90 Å². The highest BCUT2D eigenvalue weighted by Gasteiger charge is 2.30. The number of furan rings is 1. The van der Waals surface area contributed by atoms with Crippen LogP contribution in [0.4, 0.5) is 4.79 Å². The molecule has 0 aliphatic heterocycles. The second kappa shape index (κ2) is 10.8. The number of hydrogen-bond donors (Lipinski definition) is 2. The van der Waals surface area contributed by atoms with Gasteiger partial charge in [0.25, 0.3) is 0 Å². The van der Waals surface area contributed by atoms with Crippen molar-refractivity contribution in [1.29, 1.82) is 0 Å². The van der Waals surface area contributed by atoms with Crippen molar-refractivity contribution in [3.8, 4) is 11.1 Å². The Morgan fingerprint density at radius 1 is 1.06 bits per heavy atom. The normalized spacial score (nSPS) is 13.0. The maximum atomic E-state index is 13.0. The van der Waals surface area contributed by atoms with Gasteiger partial charge in [0.05, 0.1) is 6.54 Å². The smallest absolute Gasteiger partial charge is 0.407 e. The fraction of sp³-hybridized carbons (Fsp3) is 0.269. The summed E-state index contributed by atoms with van der Waals surface area (Å²) in [5.74, 6) is -1.07. The van der Waals surface area contributed by atoms with E-state index in [1.54, 1.807) is 19.2 Å². The topological polar surface area (TPSA) is 109 Å². The minimum atomic E-state index is -1.06. The van der Waals surface area contributed by atoms with Crippen LogP contribution in [0.3, 0.4) is 0 Å². The Morgan fingerprint density at radius 2 is 1.69 bits per heavy atom. The summed E-state index contributed by atoms with van der Waals surface area (Å²) in [6, 6.07) is 18.4. The number of ether oxygens (including phenoxy) is 1. The zero-order valence-corrected chi connectivity index (χ0v) is 20.7. The van der Waals surface area contributed by atoms with Crippen LogP contribution in [0.1, 0.15) is 35.6 Å². The molecule has 1 heterocycles. The van der Waals surface area contributed by atoms with Crippen LogP contribution >= 0.6 is 15.9 Å². The van der Waals surface area contributed by atoms with E-state index in [9.17, 15) is 14.4 Å². The summed E-state index contributed by atoms with van der Waals surface area (Å²) in [5, 5.41) is 11.7. The fourth-order valence-electron chi connectivity index (χ4n) is 4.32. The number of benzene rings is 2. The van der Waals surface area contributed by atoms with Crippen LogP contribution in [0.25, 0.3) is 11.1 Å². The standard InChI is InChI=1S/C26H25BrN2O6/c1-29(14-16-10-12-23(27)35-16)25(32)22(11-13-24(30)31)28-26(33)34-15-21-19-8-4-2-6-17(19)18-7-3-5-9-20(18)21/h2-10,12,21-22H,11,13-15H2,1H3,(H,28,33)(H,30,31). The van der Waals surface area contributed by atoms with Gasteiger partial charge in [-0.05, 0) is 56.7 Å². The Hall–Kier alpha value is -3.59. The van der Waals surface area contributed by atoms with Crippen molar-refractivity contribution >= 4 is 33.9 Å². The zero-order chi connectivity index (χ0) is 24.9. The highest BCUT2D eigenvalue weighted by Crippen LogP contribution is 2.44. The second-order valence-corrected chi connectivity index (χ2v) is 9.14. The number of hydrogen-bond acceptors (Lipinski definition) is 5. The molecule has 35 heavy (non-hydrogen) atoms. The predicted octanol–water partition coefficient (Wildman–Crippen LogP) is 4.77. The SMILES string of the molecule is CN(Cc1ccc(Br)o1)C(=O)C(CCC(=O)O)NC(=O)OCC1c2ccccc2-c2ccccc21. The number of fused-ring (bicyclic) bond motifs is 3. The number of nitrogens with zero attached hydrogens (tertiary/aromatic N) is 1. The average Bonchev–Trinajstić information content (AvgIpc) is 3.40. The van der Waals surface area contributed by atoms with Crippen molar-refractivity contribution < 1.29 is 28.6 Å². The van der Waals surface area contributed by atoms with Gasteiger partial charge in [-0.2, -0.15) is 0 Å². The van der Waals surface area contributed by atoms with Gasteiger partial charge in [0.1, 0.15) is 18.4 Å². The summed E-state index contributed by atoms with van der Waals surface area (Å²) in [5.41, 5.74) is 4.37. The molecule has 1 unspecified atom stereocenters. The molecule has 0 bridgehead atoms. The molecule has 3 aromatic rings. The second-order valence-electron chi connectivity index (χ2n) is 8.36. The highest BCUT2D eigenvalue weighted by molar-refractivity contribution is 9.10. The summed E-state index contributed by atoms with van der Waals surface area (Å²) in [6.45, 7) is 0.260. The Balaban J connectivity index is 1.41. The molecule has 0 saturated heterocycles. The van der Waals surface area contributed by atoms with Crippen molar-refractivity contribution in [2.75, 3.05) is 13.7 Å². The fourth-order valence-corrected chi connectivity index (χ4v) is 4.66. The predicted molar refractivity (Wildman–Crippen MR) is 132 cm³/mol. The number of aliphatic carboxylic acids is 1. The Labute approximate surface area is 211 Å². The lowest BCUT2D eigenvalue weighted by Gasteiger charge is -2.24. The third-order valence-electron chi connectivity index (χ3n) is 5.98. The van der Waals surface area contributed by atoms with Crippen LogP contribution in [-0.4, -0.2) is 47.7 Å². The summed E-state index contributed by atoms with van der Waals surface area (Å²) in [4.78, 5) is 38.2. The first-order chi connectivity index (χ1) is 16.8. The zero-order valence-electron chi connectivity index (χ0n) is 19.1. The number of carboxylic acids is 1. The maximum Gasteiger partial charge on any atom is 0.407 e. The van der Waals surface area contributed by atoms with E-state index < -0.39 is 24.0 Å². The number of carboxylic acid groups (broad SMARTS) is 1. The van der Waals surface area contributed by atoms with Gasteiger partial charge in [-0.1, -0.05) is 48.5 Å². The van der Waals surface area contributed by atoms with Crippen LogP contribution in [0, 0.1) is 0 Å². The van der Waals surface area contributed by atoms with Gasteiger partial charge in [-0.3, -0.25) is 9.59 Å². The molecule has 1 aliphatic carbocycles. The molecule has 2 N–H and O–H groups in total. The van der Waals surface area contributed by atoms with E-state index in [0.717, 1.165) is 22.3 Å². The number of rotatable bonds is 9. The van der Waals surface area contributed by atoms with Gasteiger partial charge in [0.15, 0.2) is 4.67 Å². The first-order valence-electron chi connectivity index (χ1n) is 11.2. The number of nitrogens with one attached hydrogen (secondary N) is 1. The third-order valence-corrected chi connectivity index (χ3v) is 6.41. The van der Waals surface area contributed by atoms with E-state index in [4.69, 9.17) is 14.3 Å². The van der Waals surface area contributed by atoms with Gasteiger partial charge in [0, 0.05) is 19.4 Å². The number of carbonyl (C=O) groups is 3. The van der Waals surface area contributed by atoms with Crippen molar-refractivity contribution in [2.24, 2.45) is 0 Å². The Kier molecular flexibility index (Phi) is 7.55. The summed E-state index contributed by atoms with van der Waals surface area (Å²) in [6.07, 6.45) is -1.12. The highest BCUT2D eigenvalue weighted by atomic mass is 79.9. The van der Waals surface area contributed by atoms with Gasteiger partial charge >= 0.3 is 12.1 Å². The molecule has 0 spiro atoms. The largest absolute Gasteiger partial charge is 0.481 e. The molecule has 4 rings (SSSR count). The number of carbonyl (C=O) groups excluding carboxylic acids is 2. The molecule has 1 aromatic heterocycles. The van der Waals surface area contributed by atoms with Crippen LogP contribution < -0.4 is 5.32 Å². The molecule has 0 radical (unpaired) electrons.